The molecule has 0 aliphatic rings. The lowest BCUT2D eigenvalue weighted by atomic mass is 10.2. The summed E-state index contributed by atoms with van der Waals surface area (Å²) in [6.07, 6.45) is 0. The van der Waals surface area contributed by atoms with E-state index in [1.54, 1.807) is 24.3 Å². The maximum absolute atomic E-state index is 11.0. The minimum Gasteiger partial charge on any atom is -0.450 e. The van der Waals surface area contributed by atoms with E-state index < -0.39 is 4.92 Å². The number of ether oxygens (including phenoxy) is 1. The lowest BCUT2D eigenvalue weighted by Gasteiger charge is -2.11. The average molecular weight is 337 g/mol. The monoisotopic (exact) mass is 336 g/mol. The molecular formula is C14H13BrN2O3. The van der Waals surface area contributed by atoms with Gasteiger partial charge in [-0.2, -0.15) is 0 Å². The number of rotatable bonds is 5. The maximum Gasteiger partial charge on any atom is 0.311 e. The third-order valence-electron chi connectivity index (χ3n) is 2.68. The second kappa shape index (κ2) is 6.49. The van der Waals surface area contributed by atoms with Crippen LogP contribution in [0.4, 0.5) is 5.69 Å². The molecule has 0 aliphatic carbocycles. The first-order valence-electron chi connectivity index (χ1n) is 5.96. The van der Waals surface area contributed by atoms with Crippen molar-refractivity contribution in [3.05, 3.63) is 62.6 Å². The van der Waals surface area contributed by atoms with Gasteiger partial charge in [0.15, 0.2) is 0 Å². The second-order valence-electron chi connectivity index (χ2n) is 4.11. The summed E-state index contributed by atoms with van der Waals surface area (Å²) in [6.45, 7) is 0.614. The third-order valence-corrected chi connectivity index (χ3v) is 3.17. The van der Waals surface area contributed by atoms with E-state index in [1.165, 1.54) is 6.07 Å². The van der Waals surface area contributed by atoms with Crippen molar-refractivity contribution in [1.82, 2.24) is 5.32 Å². The number of nitro benzene ring substituents is 1. The molecule has 2 aromatic carbocycles. The molecule has 2 rings (SSSR count). The Kier molecular flexibility index (Phi) is 4.70. The zero-order valence-electron chi connectivity index (χ0n) is 10.8. The van der Waals surface area contributed by atoms with Crippen molar-refractivity contribution in [1.29, 1.82) is 0 Å². The van der Waals surface area contributed by atoms with Gasteiger partial charge in [-0.05, 0) is 25.2 Å². The topological polar surface area (TPSA) is 64.4 Å². The number of nitro groups is 1. The van der Waals surface area contributed by atoms with Gasteiger partial charge in [-0.3, -0.25) is 10.1 Å². The predicted octanol–water partition coefficient (Wildman–Crippen LogP) is 3.87. The van der Waals surface area contributed by atoms with Gasteiger partial charge in [0.05, 0.1) is 4.92 Å². The molecule has 0 radical (unpaired) electrons. The van der Waals surface area contributed by atoms with Gasteiger partial charge in [-0.25, -0.2) is 0 Å². The second-order valence-corrected chi connectivity index (χ2v) is 5.02. The number of benzene rings is 2. The summed E-state index contributed by atoms with van der Waals surface area (Å²) in [5, 5.41) is 14.0. The standard InChI is InChI=1S/C14H13BrN2O3/c1-16-9-10-6-7-11(15)8-14(10)20-13-5-3-2-4-12(13)17(18)19/h2-8,16H,9H2,1H3. The Morgan fingerprint density at radius 1 is 1.25 bits per heavy atom. The highest BCUT2D eigenvalue weighted by Gasteiger charge is 2.16. The van der Waals surface area contributed by atoms with Gasteiger partial charge in [0.1, 0.15) is 5.75 Å². The molecule has 0 heterocycles. The van der Waals surface area contributed by atoms with Crippen LogP contribution in [0.2, 0.25) is 0 Å². The van der Waals surface area contributed by atoms with Crippen molar-refractivity contribution in [3.63, 3.8) is 0 Å². The Hall–Kier alpha value is -1.92. The first-order chi connectivity index (χ1) is 9.61. The molecule has 0 saturated heterocycles. The van der Waals surface area contributed by atoms with Crippen molar-refractivity contribution < 1.29 is 9.66 Å². The quantitative estimate of drug-likeness (QED) is 0.664. The van der Waals surface area contributed by atoms with Gasteiger partial charge in [0.25, 0.3) is 0 Å². The smallest absolute Gasteiger partial charge is 0.311 e. The summed E-state index contributed by atoms with van der Waals surface area (Å²) in [5.74, 6) is 0.816. The fourth-order valence-electron chi connectivity index (χ4n) is 1.77. The predicted molar refractivity (Wildman–Crippen MR) is 80.1 cm³/mol. The first kappa shape index (κ1) is 14.5. The number of para-hydroxylation sites is 2. The number of nitrogens with zero attached hydrogens (tertiary/aromatic N) is 1. The molecule has 0 saturated carbocycles. The molecule has 0 atom stereocenters. The Labute approximate surface area is 124 Å². The van der Waals surface area contributed by atoms with Crippen molar-refractivity contribution >= 4 is 21.6 Å². The molecular weight excluding hydrogens is 324 g/mol. The van der Waals surface area contributed by atoms with Crippen LogP contribution in [0.1, 0.15) is 5.56 Å². The van der Waals surface area contributed by atoms with Gasteiger partial charge in [0, 0.05) is 22.6 Å². The van der Waals surface area contributed by atoms with Crippen molar-refractivity contribution in [2.45, 2.75) is 6.54 Å². The summed E-state index contributed by atoms with van der Waals surface area (Å²) >= 11 is 3.37. The summed E-state index contributed by atoms with van der Waals surface area (Å²) in [4.78, 5) is 10.5. The van der Waals surface area contributed by atoms with Gasteiger partial charge < -0.3 is 10.1 Å². The molecule has 0 aromatic heterocycles. The van der Waals surface area contributed by atoms with E-state index >= 15 is 0 Å². The molecule has 0 bridgehead atoms. The lowest BCUT2D eigenvalue weighted by Crippen LogP contribution is -2.06. The van der Waals surface area contributed by atoms with Crippen LogP contribution in [0.3, 0.4) is 0 Å². The highest BCUT2D eigenvalue weighted by molar-refractivity contribution is 9.10. The van der Waals surface area contributed by atoms with Crippen molar-refractivity contribution in [2.24, 2.45) is 0 Å². The molecule has 5 nitrogen and oxygen atoms in total. The maximum atomic E-state index is 11.0. The molecule has 0 aliphatic heterocycles. The molecule has 1 N–H and O–H groups in total. The third kappa shape index (κ3) is 3.34. The van der Waals surface area contributed by atoms with Crippen molar-refractivity contribution in [3.8, 4) is 11.5 Å². The molecule has 0 amide bonds. The summed E-state index contributed by atoms with van der Waals surface area (Å²) in [6, 6.07) is 11.9. The van der Waals surface area contributed by atoms with E-state index in [9.17, 15) is 10.1 Å². The summed E-state index contributed by atoms with van der Waals surface area (Å²) in [5.41, 5.74) is 0.872. The van der Waals surface area contributed by atoms with Crippen LogP contribution in [0.25, 0.3) is 0 Å². The molecule has 2 aromatic rings. The van der Waals surface area contributed by atoms with Crippen LogP contribution in [0.15, 0.2) is 46.9 Å². The zero-order valence-corrected chi connectivity index (χ0v) is 12.4. The largest absolute Gasteiger partial charge is 0.450 e. The fourth-order valence-corrected chi connectivity index (χ4v) is 2.11. The van der Waals surface area contributed by atoms with E-state index in [1.807, 2.05) is 19.2 Å². The number of hydrogen-bond donors (Lipinski definition) is 1. The summed E-state index contributed by atoms with van der Waals surface area (Å²) < 4.78 is 6.58. The Morgan fingerprint density at radius 2 is 2.00 bits per heavy atom. The van der Waals surface area contributed by atoms with Crippen LogP contribution in [-0.2, 0) is 6.54 Å². The van der Waals surface area contributed by atoms with E-state index in [0.717, 1.165) is 10.0 Å². The molecule has 104 valence electrons. The highest BCUT2D eigenvalue weighted by Crippen LogP contribution is 2.34. The van der Waals surface area contributed by atoms with Crippen LogP contribution in [0, 0.1) is 10.1 Å². The number of hydrogen-bond acceptors (Lipinski definition) is 4. The van der Waals surface area contributed by atoms with Gasteiger partial charge in [-0.1, -0.05) is 34.1 Å². The normalized spacial score (nSPS) is 10.3. The lowest BCUT2D eigenvalue weighted by molar-refractivity contribution is -0.385. The van der Waals surface area contributed by atoms with E-state index in [4.69, 9.17) is 4.74 Å². The van der Waals surface area contributed by atoms with Crippen LogP contribution < -0.4 is 10.1 Å². The Balaban J connectivity index is 2.39. The minimum atomic E-state index is -0.453. The van der Waals surface area contributed by atoms with Crippen LogP contribution in [0.5, 0.6) is 11.5 Å². The van der Waals surface area contributed by atoms with Gasteiger partial charge in [0.2, 0.25) is 5.75 Å². The molecule has 0 unspecified atom stereocenters. The first-order valence-corrected chi connectivity index (χ1v) is 6.75. The van der Waals surface area contributed by atoms with Crippen LogP contribution in [-0.4, -0.2) is 12.0 Å². The Morgan fingerprint density at radius 3 is 2.70 bits per heavy atom. The number of halogens is 1. The summed E-state index contributed by atoms with van der Waals surface area (Å²) in [7, 11) is 1.83. The van der Waals surface area contributed by atoms with Gasteiger partial charge >= 0.3 is 5.69 Å². The van der Waals surface area contributed by atoms with Crippen molar-refractivity contribution in [2.75, 3.05) is 7.05 Å². The molecule has 20 heavy (non-hydrogen) atoms. The van der Waals surface area contributed by atoms with E-state index in [2.05, 4.69) is 21.2 Å². The van der Waals surface area contributed by atoms with E-state index in [0.29, 0.717) is 12.3 Å². The minimum absolute atomic E-state index is 0.0529. The molecule has 0 fully saturated rings. The zero-order chi connectivity index (χ0) is 14.5. The van der Waals surface area contributed by atoms with Crippen LogP contribution >= 0.6 is 15.9 Å². The highest BCUT2D eigenvalue weighted by atomic mass is 79.9. The molecule has 6 heteroatoms. The number of nitrogens with one attached hydrogen (secondary N) is 1. The molecule has 0 spiro atoms. The SMILES string of the molecule is CNCc1ccc(Br)cc1Oc1ccccc1[N+](=O)[O-]. The fraction of sp³-hybridized carbons (Fsp3) is 0.143. The Bertz CT molecular complexity index is 632. The van der Waals surface area contributed by atoms with Gasteiger partial charge in [-0.15, -0.1) is 0 Å². The van der Waals surface area contributed by atoms with E-state index in [-0.39, 0.29) is 11.4 Å². The average Bonchev–Trinajstić information content (AvgIpc) is 2.42.